The van der Waals surface area contributed by atoms with Gasteiger partial charge in [-0.1, -0.05) is 20.8 Å². The molecule has 1 unspecified atom stereocenters. The molecule has 0 spiro atoms. The molecule has 2 saturated heterocycles. The van der Waals surface area contributed by atoms with Crippen LogP contribution < -0.4 is 0 Å². The SMILES string of the molecule is CC(C)(C)CCN1CCN2CCCC2C1. The van der Waals surface area contributed by atoms with E-state index in [2.05, 4.69) is 30.6 Å². The lowest BCUT2D eigenvalue weighted by Crippen LogP contribution is -2.50. The fourth-order valence-corrected chi connectivity index (χ4v) is 2.75. The maximum Gasteiger partial charge on any atom is 0.0224 e. The van der Waals surface area contributed by atoms with Gasteiger partial charge in [-0.25, -0.2) is 0 Å². The van der Waals surface area contributed by atoms with E-state index in [0.717, 1.165) is 6.04 Å². The summed E-state index contributed by atoms with van der Waals surface area (Å²) in [4.78, 5) is 5.37. The Morgan fingerprint density at radius 2 is 1.93 bits per heavy atom. The molecule has 0 amide bonds. The topological polar surface area (TPSA) is 6.48 Å². The summed E-state index contributed by atoms with van der Waals surface area (Å²) >= 11 is 0. The van der Waals surface area contributed by atoms with Crippen LogP contribution in [-0.4, -0.2) is 48.6 Å². The first kappa shape index (κ1) is 11.4. The van der Waals surface area contributed by atoms with Gasteiger partial charge >= 0.3 is 0 Å². The number of piperazine rings is 1. The minimum Gasteiger partial charge on any atom is -0.300 e. The minimum atomic E-state index is 0.493. The molecule has 0 saturated carbocycles. The second kappa shape index (κ2) is 4.42. The van der Waals surface area contributed by atoms with Crippen LogP contribution in [-0.2, 0) is 0 Å². The molecule has 15 heavy (non-hydrogen) atoms. The second-order valence-electron chi connectivity index (χ2n) is 6.44. The first-order valence-corrected chi connectivity index (χ1v) is 6.51. The fourth-order valence-electron chi connectivity index (χ4n) is 2.75. The fraction of sp³-hybridized carbons (Fsp3) is 1.00. The minimum absolute atomic E-state index is 0.493. The molecule has 2 fully saturated rings. The summed E-state index contributed by atoms with van der Waals surface area (Å²) in [6.07, 6.45) is 4.20. The Morgan fingerprint density at radius 1 is 1.13 bits per heavy atom. The van der Waals surface area contributed by atoms with Crippen LogP contribution in [0.3, 0.4) is 0 Å². The molecule has 2 nitrogen and oxygen atoms in total. The Hall–Kier alpha value is -0.0800. The standard InChI is InChI=1S/C13H26N2/c1-13(2,3)6-8-14-9-10-15-7-4-5-12(15)11-14/h12H,4-11H2,1-3H3. The van der Waals surface area contributed by atoms with Crippen molar-refractivity contribution in [3.8, 4) is 0 Å². The molecule has 2 heterocycles. The Morgan fingerprint density at radius 3 is 2.67 bits per heavy atom. The molecule has 0 radical (unpaired) electrons. The van der Waals surface area contributed by atoms with Gasteiger partial charge in [0.2, 0.25) is 0 Å². The average molecular weight is 210 g/mol. The van der Waals surface area contributed by atoms with Gasteiger partial charge in [-0.05, 0) is 37.8 Å². The van der Waals surface area contributed by atoms with Gasteiger partial charge in [-0.2, -0.15) is 0 Å². The summed E-state index contributed by atoms with van der Waals surface area (Å²) < 4.78 is 0. The van der Waals surface area contributed by atoms with Crippen LogP contribution in [0.2, 0.25) is 0 Å². The van der Waals surface area contributed by atoms with Crippen molar-refractivity contribution >= 4 is 0 Å². The number of nitrogens with zero attached hydrogens (tertiary/aromatic N) is 2. The molecule has 0 aromatic heterocycles. The van der Waals surface area contributed by atoms with Crippen molar-refractivity contribution < 1.29 is 0 Å². The second-order valence-corrected chi connectivity index (χ2v) is 6.44. The molecule has 1 atom stereocenters. The average Bonchev–Trinajstić information content (AvgIpc) is 2.60. The van der Waals surface area contributed by atoms with Gasteiger partial charge in [0.25, 0.3) is 0 Å². The van der Waals surface area contributed by atoms with Crippen LogP contribution in [0.15, 0.2) is 0 Å². The third kappa shape index (κ3) is 3.18. The molecule has 2 aliphatic heterocycles. The summed E-state index contributed by atoms with van der Waals surface area (Å²) in [7, 11) is 0. The zero-order chi connectivity index (χ0) is 10.9. The zero-order valence-corrected chi connectivity index (χ0v) is 10.6. The molecule has 2 heteroatoms. The number of fused-ring (bicyclic) bond motifs is 1. The van der Waals surface area contributed by atoms with E-state index >= 15 is 0 Å². The van der Waals surface area contributed by atoms with E-state index in [1.165, 1.54) is 52.0 Å². The third-order valence-corrected chi connectivity index (χ3v) is 3.85. The van der Waals surface area contributed by atoms with Crippen molar-refractivity contribution in [3.05, 3.63) is 0 Å². The lowest BCUT2D eigenvalue weighted by molar-refractivity contribution is 0.0953. The molecule has 0 aromatic carbocycles. The maximum atomic E-state index is 2.69. The molecule has 0 N–H and O–H groups in total. The van der Waals surface area contributed by atoms with Gasteiger partial charge in [-0.3, -0.25) is 4.90 Å². The third-order valence-electron chi connectivity index (χ3n) is 3.85. The van der Waals surface area contributed by atoms with Crippen molar-refractivity contribution in [2.45, 2.75) is 46.1 Å². The monoisotopic (exact) mass is 210 g/mol. The first-order chi connectivity index (χ1) is 7.04. The Labute approximate surface area is 94.6 Å². The van der Waals surface area contributed by atoms with Gasteiger partial charge < -0.3 is 4.90 Å². The molecule has 0 bridgehead atoms. The van der Waals surface area contributed by atoms with Crippen molar-refractivity contribution in [2.24, 2.45) is 5.41 Å². The number of hydrogen-bond donors (Lipinski definition) is 0. The molecule has 0 aliphatic carbocycles. The van der Waals surface area contributed by atoms with Gasteiger partial charge in [0.05, 0.1) is 0 Å². The molecule has 88 valence electrons. The molecule has 2 rings (SSSR count). The van der Waals surface area contributed by atoms with Gasteiger partial charge in [0, 0.05) is 25.7 Å². The van der Waals surface area contributed by atoms with Crippen LogP contribution in [0.25, 0.3) is 0 Å². The Kier molecular flexibility index (Phi) is 3.36. The lowest BCUT2D eigenvalue weighted by Gasteiger charge is -2.38. The number of hydrogen-bond acceptors (Lipinski definition) is 2. The van der Waals surface area contributed by atoms with Gasteiger partial charge in [-0.15, -0.1) is 0 Å². The smallest absolute Gasteiger partial charge is 0.0224 e. The normalized spacial score (nSPS) is 29.4. The van der Waals surface area contributed by atoms with E-state index in [-0.39, 0.29) is 0 Å². The first-order valence-electron chi connectivity index (χ1n) is 6.51. The van der Waals surface area contributed by atoms with Crippen LogP contribution in [0, 0.1) is 5.41 Å². The van der Waals surface area contributed by atoms with E-state index < -0.39 is 0 Å². The summed E-state index contributed by atoms with van der Waals surface area (Å²) in [5.74, 6) is 0. The van der Waals surface area contributed by atoms with E-state index in [9.17, 15) is 0 Å². The highest BCUT2D eigenvalue weighted by molar-refractivity contribution is 4.87. The highest BCUT2D eigenvalue weighted by Gasteiger charge is 2.30. The maximum absolute atomic E-state index is 2.69. The van der Waals surface area contributed by atoms with Gasteiger partial charge in [0.15, 0.2) is 0 Å². The van der Waals surface area contributed by atoms with Crippen LogP contribution in [0.4, 0.5) is 0 Å². The van der Waals surface area contributed by atoms with E-state index in [0.29, 0.717) is 5.41 Å². The zero-order valence-electron chi connectivity index (χ0n) is 10.6. The molecule has 0 aromatic rings. The molecular formula is C13H26N2. The largest absolute Gasteiger partial charge is 0.300 e. The van der Waals surface area contributed by atoms with Crippen molar-refractivity contribution in [2.75, 3.05) is 32.7 Å². The quantitative estimate of drug-likeness (QED) is 0.689. The molecule has 2 aliphatic rings. The summed E-state index contributed by atoms with van der Waals surface area (Å²) in [6, 6.07) is 0.888. The van der Waals surface area contributed by atoms with Crippen LogP contribution in [0.5, 0.6) is 0 Å². The van der Waals surface area contributed by atoms with E-state index in [4.69, 9.17) is 0 Å². The summed E-state index contributed by atoms with van der Waals surface area (Å²) in [5, 5.41) is 0. The highest BCUT2D eigenvalue weighted by Crippen LogP contribution is 2.24. The highest BCUT2D eigenvalue weighted by atomic mass is 15.3. The van der Waals surface area contributed by atoms with Crippen molar-refractivity contribution in [3.63, 3.8) is 0 Å². The van der Waals surface area contributed by atoms with Gasteiger partial charge in [0.1, 0.15) is 0 Å². The predicted molar refractivity (Wildman–Crippen MR) is 65.1 cm³/mol. The molecular weight excluding hydrogens is 184 g/mol. The van der Waals surface area contributed by atoms with Crippen LogP contribution in [0.1, 0.15) is 40.0 Å². The Balaban J connectivity index is 1.75. The van der Waals surface area contributed by atoms with Crippen molar-refractivity contribution in [1.82, 2.24) is 9.80 Å². The van der Waals surface area contributed by atoms with E-state index in [1.807, 2.05) is 0 Å². The lowest BCUT2D eigenvalue weighted by atomic mass is 9.92. The van der Waals surface area contributed by atoms with Crippen molar-refractivity contribution in [1.29, 1.82) is 0 Å². The van der Waals surface area contributed by atoms with E-state index in [1.54, 1.807) is 0 Å². The Bertz CT molecular complexity index is 207. The summed E-state index contributed by atoms with van der Waals surface area (Å²) in [6.45, 7) is 13.6. The number of rotatable bonds is 2. The summed E-state index contributed by atoms with van der Waals surface area (Å²) in [5.41, 5.74) is 0.493. The van der Waals surface area contributed by atoms with Crippen LogP contribution >= 0.6 is 0 Å². The predicted octanol–water partition coefficient (Wildman–Crippen LogP) is 2.20.